The highest BCUT2D eigenvalue weighted by molar-refractivity contribution is 6.30. The Bertz CT molecular complexity index is 581. The summed E-state index contributed by atoms with van der Waals surface area (Å²) >= 11 is 5.89. The number of β-amino-alcohol motifs (C(OH)–C–C–N with tert-alkyl or cyclic N) is 1. The highest BCUT2D eigenvalue weighted by atomic mass is 35.5. The number of benzene rings is 1. The molecule has 5 nitrogen and oxygen atoms in total. The first-order valence-corrected chi connectivity index (χ1v) is 9.47. The van der Waals surface area contributed by atoms with Crippen molar-refractivity contribution in [3.63, 3.8) is 0 Å². The summed E-state index contributed by atoms with van der Waals surface area (Å²) in [5.74, 6) is 1.02. The predicted molar refractivity (Wildman–Crippen MR) is 98.0 cm³/mol. The van der Waals surface area contributed by atoms with Gasteiger partial charge in [0.2, 0.25) is 5.91 Å². The summed E-state index contributed by atoms with van der Waals surface area (Å²) in [5, 5.41) is 9.90. The Balaban J connectivity index is 1.50. The molecule has 0 radical (unpaired) electrons. The number of aliphatic hydroxyl groups is 1. The lowest BCUT2D eigenvalue weighted by atomic mass is 9.73. The molecule has 2 heterocycles. The van der Waals surface area contributed by atoms with E-state index in [0.717, 1.165) is 51.2 Å². The molecule has 2 fully saturated rings. The van der Waals surface area contributed by atoms with Crippen molar-refractivity contribution in [3.8, 4) is 5.75 Å². The van der Waals surface area contributed by atoms with Gasteiger partial charge >= 0.3 is 0 Å². The number of ether oxygens (including phenoxy) is 1. The van der Waals surface area contributed by atoms with Crippen molar-refractivity contribution in [2.45, 2.75) is 25.7 Å². The van der Waals surface area contributed by atoms with Crippen LogP contribution in [-0.2, 0) is 4.79 Å². The van der Waals surface area contributed by atoms with Gasteiger partial charge in [0.25, 0.3) is 0 Å². The predicted octanol–water partition coefficient (Wildman–Crippen LogP) is 2.42. The van der Waals surface area contributed by atoms with E-state index in [1.165, 1.54) is 0 Å². The molecular formula is C19H27ClN2O3. The van der Waals surface area contributed by atoms with Crippen LogP contribution in [0.4, 0.5) is 0 Å². The topological polar surface area (TPSA) is 53.0 Å². The van der Waals surface area contributed by atoms with Gasteiger partial charge in [-0.2, -0.15) is 0 Å². The quantitative estimate of drug-likeness (QED) is 0.840. The van der Waals surface area contributed by atoms with E-state index in [-0.39, 0.29) is 17.9 Å². The van der Waals surface area contributed by atoms with E-state index in [4.69, 9.17) is 16.3 Å². The van der Waals surface area contributed by atoms with Crippen molar-refractivity contribution in [2.75, 3.05) is 45.9 Å². The minimum absolute atomic E-state index is 0.0421. The van der Waals surface area contributed by atoms with Crippen molar-refractivity contribution in [1.29, 1.82) is 0 Å². The third-order valence-corrected chi connectivity index (χ3v) is 5.60. The Hall–Kier alpha value is -1.30. The van der Waals surface area contributed by atoms with Gasteiger partial charge in [-0.05, 0) is 50.1 Å². The largest absolute Gasteiger partial charge is 0.492 e. The minimum Gasteiger partial charge on any atom is -0.492 e. The van der Waals surface area contributed by atoms with E-state index in [0.29, 0.717) is 24.6 Å². The Morgan fingerprint density at radius 1 is 1.16 bits per heavy atom. The average Bonchev–Trinajstić information content (AvgIpc) is 2.61. The van der Waals surface area contributed by atoms with Crippen molar-refractivity contribution in [2.24, 2.45) is 5.41 Å². The van der Waals surface area contributed by atoms with Gasteiger partial charge in [0.1, 0.15) is 12.4 Å². The van der Waals surface area contributed by atoms with Gasteiger partial charge in [0, 0.05) is 43.0 Å². The highest BCUT2D eigenvalue weighted by Crippen LogP contribution is 2.38. The monoisotopic (exact) mass is 366 g/mol. The lowest BCUT2D eigenvalue weighted by Crippen LogP contribution is -2.54. The number of carbonyl (C=O) groups is 1. The molecule has 2 aliphatic rings. The van der Waals surface area contributed by atoms with Crippen LogP contribution in [0.1, 0.15) is 25.7 Å². The first-order valence-electron chi connectivity index (χ1n) is 9.10. The second-order valence-electron chi connectivity index (χ2n) is 7.22. The molecule has 1 aromatic rings. The van der Waals surface area contributed by atoms with Crippen LogP contribution in [0.25, 0.3) is 0 Å². The van der Waals surface area contributed by atoms with Gasteiger partial charge in [-0.25, -0.2) is 0 Å². The van der Waals surface area contributed by atoms with E-state index in [1.807, 2.05) is 29.2 Å². The Morgan fingerprint density at radius 3 is 2.72 bits per heavy atom. The number of piperidine rings is 2. The third-order valence-electron chi connectivity index (χ3n) is 5.35. The molecule has 1 spiro atoms. The Kier molecular flexibility index (Phi) is 6.20. The molecule has 138 valence electrons. The molecule has 0 bridgehead atoms. The lowest BCUT2D eigenvalue weighted by Gasteiger charge is -2.48. The summed E-state index contributed by atoms with van der Waals surface area (Å²) < 4.78 is 5.82. The van der Waals surface area contributed by atoms with Gasteiger partial charge < -0.3 is 14.7 Å². The number of hydrogen-bond acceptors (Lipinski definition) is 4. The number of aliphatic hydroxyl groups excluding tert-OH is 1. The van der Waals surface area contributed by atoms with Crippen LogP contribution in [0.3, 0.4) is 0 Å². The van der Waals surface area contributed by atoms with Crippen LogP contribution < -0.4 is 4.74 Å². The normalized spacial score (nSPS) is 24.7. The van der Waals surface area contributed by atoms with Crippen LogP contribution in [0.5, 0.6) is 5.75 Å². The lowest BCUT2D eigenvalue weighted by molar-refractivity contribution is -0.140. The summed E-state index contributed by atoms with van der Waals surface area (Å²) in [4.78, 5) is 16.3. The fourth-order valence-corrected chi connectivity index (χ4v) is 4.21. The maximum Gasteiger partial charge on any atom is 0.222 e. The number of nitrogens with zero attached hydrogens (tertiary/aromatic N) is 2. The first kappa shape index (κ1) is 18.5. The standard InChI is InChI=1S/C19H27ClN2O3/c20-16-2-4-17(5-3-16)25-13-11-21-9-1-7-19(14-21)8-6-18(24)22(15-19)10-12-23/h2-5,23H,1,6-15H2. The maximum atomic E-state index is 12.0. The van der Waals surface area contributed by atoms with E-state index in [9.17, 15) is 9.90 Å². The maximum absolute atomic E-state index is 12.0. The number of hydrogen-bond donors (Lipinski definition) is 1. The van der Waals surface area contributed by atoms with E-state index >= 15 is 0 Å². The number of amides is 1. The molecule has 0 aromatic heterocycles. The second kappa shape index (κ2) is 8.39. The highest BCUT2D eigenvalue weighted by Gasteiger charge is 2.41. The van der Waals surface area contributed by atoms with Gasteiger partial charge in [0.05, 0.1) is 6.61 Å². The number of rotatable bonds is 6. The van der Waals surface area contributed by atoms with Gasteiger partial charge in [0.15, 0.2) is 0 Å². The van der Waals surface area contributed by atoms with E-state index in [2.05, 4.69) is 4.90 Å². The molecule has 1 amide bonds. The SMILES string of the molecule is O=C1CCC2(CCCN(CCOc3ccc(Cl)cc3)C2)CN1CCO. The van der Waals surface area contributed by atoms with Crippen LogP contribution in [0, 0.1) is 5.41 Å². The molecule has 1 unspecified atom stereocenters. The van der Waals surface area contributed by atoms with Gasteiger partial charge in [-0.3, -0.25) is 9.69 Å². The van der Waals surface area contributed by atoms with E-state index in [1.54, 1.807) is 0 Å². The molecule has 0 saturated carbocycles. The van der Waals surface area contributed by atoms with Gasteiger partial charge in [-0.1, -0.05) is 11.6 Å². The van der Waals surface area contributed by atoms with E-state index < -0.39 is 0 Å². The molecule has 3 rings (SSSR count). The van der Waals surface area contributed by atoms with Crippen LogP contribution in [0.2, 0.25) is 5.02 Å². The number of likely N-dealkylation sites (tertiary alicyclic amines) is 2. The molecule has 1 N–H and O–H groups in total. The molecule has 0 aliphatic carbocycles. The zero-order chi connectivity index (χ0) is 17.7. The number of halogens is 1. The summed E-state index contributed by atoms with van der Waals surface area (Å²) in [6, 6.07) is 7.45. The smallest absolute Gasteiger partial charge is 0.222 e. The van der Waals surface area contributed by atoms with Crippen LogP contribution >= 0.6 is 11.6 Å². The summed E-state index contributed by atoms with van der Waals surface area (Å²) in [6.45, 7) is 4.91. The van der Waals surface area contributed by atoms with Gasteiger partial charge in [-0.15, -0.1) is 0 Å². The molecule has 2 aliphatic heterocycles. The average molecular weight is 367 g/mol. The summed E-state index contributed by atoms with van der Waals surface area (Å²) in [7, 11) is 0. The molecular weight excluding hydrogens is 340 g/mol. The van der Waals surface area contributed by atoms with Crippen LogP contribution in [-0.4, -0.2) is 66.8 Å². The third kappa shape index (κ3) is 4.87. The first-order chi connectivity index (χ1) is 12.1. The molecule has 25 heavy (non-hydrogen) atoms. The Morgan fingerprint density at radius 2 is 1.96 bits per heavy atom. The molecule has 6 heteroatoms. The molecule has 2 saturated heterocycles. The zero-order valence-electron chi connectivity index (χ0n) is 14.6. The van der Waals surface area contributed by atoms with Crippen molar-refractivity contribution in [1.82, 2.24) is 9.80 Å². The fraction of sp³-hybridized carbons (Fsp3) is 0.632. The van der Waals surface area contributed by atoms with Crippen molar-refractivity contribution >= 4 is 17.5 Å². The summed E-state index contributed by atoms with van der Waals surface area (Å²) in [6.07, 6.45) is 3.89. The zero-order valence-corrected chi connectivity index (χ0v) is 15.4. The Labute approximate surface area is 154 Å². The molecule has 1 aromatic carbocycles. The molecule has 1 atom stereocenters. The number of carbonyl (C=O) groups excluding carboxylic acids is 1. The minimum atomic E-state index is 0.0421. The van der Waals surface area contributed by atoms with Crippen molar-refractivity contribution < 1.29 is 14.6 Å². The van der Waals surface area contributed by atoms with Crippen LogP contribution in [0.15, 0.2) is 24.3 Å². The fourth-order valence-electron chi connectivity index (χ4n) is 4.08. The van der Waals surface area contributed by atoms with Crippen molar-refractivity contribution in [3.05, 3.63) is 29.3 Å². The second-order valence-corrected chi connectivity index (χ2v) is 7.66. The summed E-state index contributed by atoms with van der Waals surface area (Å²) in [5.41, 5.74) is 0.182.